The summed E-state index contributed by atoms with van der Waals surface area (Å²) in [4.78, 5) is 18.3. The molecule has 6 heterocycles. The Morgan fingerprint density at radius 1 is 1.22 bits per heavy atom. The number of nitrogens with two attached hydrogens (primary N) is 1. The molecule has 4 aliphatic rings. The summed E-state index contributed by atoms with van der Waals surface area (Å²) in [7, 11) is 0. The standard InChI is InChI=1S/C36H41F2N7O5S/c1-35(47)17-44(14-21(15-46)49-18-35)33-24-13-41-29(22-5-6-25(37)31-27(22)23(12-39)32(40)51-31)28(38)30(24)42-34(43-33)50-19-36-8-2-4-26(36)45(10-3-9-36)20-7-11-48-16-20/h5-6,13,20-21,26,46-47H,2-4,7-11,14-19,40H2,1H3. The molecular formula is C36H41F2N7O5S. The molecular weight excluding hydrogens is 681 g/mol. The molecule has 4 fully saturated rings. The number of β-amino-alcohol motifs (C(OH)–C–C–N with tert-alkyl or cyclic N) is 1. The van der Waals surface area contributed by atoms with Gasteiger partial charge in [-0.25, -0.2) is 8.78 Å². The van der Waals surface area contributed by atoms with E-state index in [1.807, 2.05) is 6.07 Å². The molecule has 51 heavy (non-hydrogen) atoms. The lowest BCUT2D eigenvalue weighted by Gasteiger charge is -2.48. The Morgan fingerprint density at radius 2 is 2.06 bits per heavy atom. The van der Waals surface area contributed by atoms with Gasteiger partial charge in [-0.05, 0) is 57.7 Å². The molecule has 5 unspecified atom stereocenters. The van der Waals surface area contributed by atoms with Crippen LogP contribution < -0.4 is 15.4 Å². The minimum absolute atomic E-state index is 0.0180. The number of nitriles is 1. The molecule has 4 N–H and O–H groups in total. The predicted octanol–water partition coefficient (Wildman–Crippen LogP) is 4.39. The Labute approximate surface area is 297 Å². The van der Waals surface area contributed by atoms with Gasteiger partial charge < -0.3 is 35.1 Å². The number of nitrogens with zero attached hydrogens (tertiary/aromatic N) is 6. The van der Waals surface area contributed by atoms with Crippen LogP contribution in [0.15, 0.2) is 18.3 Å². The zero-order valence-electron chi connectivity index (χ0n) is 28.4. The van der Waals surface area contributed by atoms with Crippen LogP contribution in [-0.4, -0.2) is 107 Å². The number of hydrogen-bond donors (Lipinski definition) is 3. The highest BCUT2D eigenvalue weighted by Crippen LogP contribution is 2.49. The third-order valence-electron chi connectivity index (χ3n) is 11.1. The fraction of sp³-hybridized carbons (Fsp3) is 0.556. The van der Waals surface area contributed by atoms with Crippen LogP contribution in [0.3, 0.4) is 0 Å². The topological polar surface area (TPSA) is 163 Å². The highest BCUT2D eigenvalue weighted by Gasteiger charge is 2.50. The molecule has 1 aromatic carbocycles. The van der Waals surface area contributed by atoms with Gasteiger partial charge in [0.1, 0.15) is 39.5 Å². The number of anilines is 2. The van der Waals surface area contributed by atoms with Crippen LogP contribution in [0.5, 0.6) is 6.01 Å². The molecule has 0 amide bonds. The van der Waals surface area contributed by atoms with Gasteiger partial charge in [0.2, 0.25) is 0 Å². The molecule has 4 aromatic rings. The largest absolute Gasteiger partial charge is 0.463 e. The molecule has 0 radical (unpaired) electrons. The highest BCUT2D eigenvalue weighted by molar-refractivity contribution is 7.23. The lowest BCUT2D eigenvalue weighted by atomic mass is 9.75. The van der Waals surface area contributed by atoms with Crippen molar-refractivity contribution in [1.29, 1.82) is 5.26 Å². The summed E-state index contributed by atoms with van der Waals surface area (Å²) < 4.78 is 50.1. The summed E-state index contributed by atoms with van der Waals surface area (Å²) in [6.45, 7) is 4.44. The zero-order chi connectivity index (χ0) is 35.5. The lowest BCUT2D eigenvalue weighted by Crippen LogP contribution is -2.55. The van der Waals surface area contributed by atoms with E-state index in [-0.39, 0.29) is 86.4 Å². The Kier molecular flexibility index (Phi) is 8.97. The number of rotatable bonds is 7. The van der Waals surface area contributed by atoms with Crippen LogP contribution in [0.1, 0.15) is 51.0 Å². The van der Waals surface area contributed by atoms with Crippen LogP contribution in [0.25, 0.3) is 32.2 Å². The first kappa shape index (κ1) is 34.3. The first-order valence-corrected chi connectivity index (χ1v) is 18.4. The smallest absolute Gasteiger partial charge is 0.319 e. The number of aliphatic hydroxyl groups is 2. The SMILES string of the molecule is CC1(O)COC(CO)CN(c2nc(OCC34CCCC3N(C3CCOC3)CCC4)nc3c(F)c(-c4ccc(F)c5sc(N)c(C#N)c45)ncc23)C1. The van der Waals surface area contributed by atoms with E-state index in [0.717, 1.165) is 69.6 Å². The fourth-order valence-electron chi connectivity index (χ4n) is 8.77. The van der Waals surface area contributed by atoms with E-state index in [4.69, 9.17) is 24.9 Å². The first-order chi connectivity index (χ1) is 24.6. The van der Waals surface area contributed by atoms with Gasteiger partial charge in [0, 0.05) is 47.8 Å². The molecule has 0 bridgehead atoms. The van der Waals surface area contributed by atoms with Crippen molar-refractivity contribution in [3.8, 4) is 23.3 Å². The van der Waals surface area contributed by atoms with Crippen molar-refractivity contribution in [1.82, 2.24) is 19.9 Å². The Morgan fingerprint density at radius 3 is 2.84 bits per heavy atom. The van der Waals surface area contributed by atoms with Crippen LogP contribution in [-0.2, 0) is 9.47 Å². The average molecular weight is 722 g/mol. The number of piperidine rings is 1. The summed E-state index contributed by atoms with van der Waals surface area (Å²) in [5.41, 5.74) is 4.69. The van der Waals surface area contributed by atoms with Crippen LogP contribution in [0, 0.1) is 28.4 Å². The number of halogens is 2. The van der Waals surface area contributed by atoms with Crippen LogP contribution in [0.2, 0.25) is 0 Å². The number of benzene rings is 1. The second-order valence-electron chi connectivity index (χ2n) is 14.7. The molecule has 3 saturated heterocycles. The van der Waals surface area contributed by atoms with Crippen LogP contribution in [0.4, 0.5) is 19.6 Å². The normalized spacial score (nSPS) is 28.6. The summed E-state index contributed by atoms with van der Waals surface area (Å²) in [6, 6.07) is 5.33. The minimum Gasteiger partial charge on any atom is -0.463 e. The monoisotopic (exact) mass is 721 g/mol. The van der Waals surface area contributed by atoms with Gasteiger partial charge in [-0.3, -0.25) is 9.88 Å². The fourth-order valence-corrected chi connectivity index (χ4v) is 9.72. The molecule has 8 rings (SSSR count). The summed E-state index contributed by atoms with van der Waals surface area (Å²) in [5.74, 6) is -1.11. The van der Waals surface area contributed by atoms with E-state index < -0.39 is 23.3 Å². The van der Waals surface area contributed by atoms with Gasteiger partial charge in [0.25, 0.3) is 0 Å². The molecule has 270 valence electrons. The van der Waals surface area contributed by atoms with Crippen molar-refractivity contribution in [3.63, 3.8) is 0 Å². The molecule has 5 atom stereocenters. The van der Waals surface area contributed by atoms with Crippen molar-refractivity contribution in [3.05, 3.63) is 35.5 Å². The molecule has 1 saturated carbocycles. The molecule has 0 spiro atoms. The van der Waals surface area contributed by atoms with Gasteiger partial charge >= 0.3 is 6.01 Å². The van der Waals surface area contributed by atoms with Crippen LogP contribution >= 0.6 is 11.3 Å². The van der Waals surface area contributed by atoms with Crippen molar-refractivity contribution in [2.45, 2.75) is 69.2 Å². The number of aromatic nitrogens is 3. The quantitative estimate of drug-likeness (QED) is 0.247. The number of thiophene rings is 1. The second kappa shape index (κ2) is 13.3. The first-order valence-electron chi connectivity index (χ1n) is 17.5. The predicted molar refractivity (Wildman–Crippen MR) is 188 cm³/mol. The van der Waals surface area contributed by atoms with Gasteiger partial charge in [-0.2, -0.15) is 15.2 Å². The maximum atomic E-state index is 17.0. The highest BCUT2D eigenvalue weighted by atomic mass is 32.1. The Balaban J connectivity index is 1.24. The summed E-state index contributed by atoms with van der Waals surface area (Å²) in [6.07, 6.45) is 7.01. The molecule has 1 aliphatic carbocycles. The maximum Gasteiger partial charge on any atom is 0.319 e. The third-order valence-corrected chi connectivity index (χ3v) is 12.2. The van der Waals surface area contributed by atoms with Crippen molar-refractivity contribution in [2.75, 3.05) is 63.3 Å². The molecule has 3 aromatic heterocycles. The summed E-state index contributed by atoms with van der Waals surface area (Å²) >= 11 is 0.922. The summed E-state index contributed by atoms with van der Waals surface area (Å²) in [5, 5.41) is 31.7. The lowest BCUT2D eigenvalue weighted by molar-refractivity contribution is -0.0528. The average Bonchev–Trinajstić information content (AvgIpc) is 3.86. The van der Waals surface area contributed by atoms with Crippen molar-refractivity contribution in [2.24, 2.45) is 5.41 Å². The van der Waals surface area contributed by atoms with Crippen molar-refractivity contribution < 1.29 is 33.2 Å². The Bertz CT molecular complexity index is 2020. The number of pyridine rings is 1. The van der Waals surface area contributed by atoms with E-state index in [2.05, 4.69) is 14.9 Å². The van der Waals surface area contributed by atoms with E-state index >= 15 is 4.39 Å². The number of ether oxygens (including phenoxy) is 3. The number of fused-ring (bicyclic) bond motifs is 3. The molecule has 12 nitrogen and oxygen atoms in total. The zero-order valence-corrected chi connectivity index (χ0v) is 29.2. The van der Waals surface area contributed by atoms with Crippen molar-refractivity contribution >= 4 is 43.1 Å². The third kappa shape index (κ3) is 6.05. The second-order valence-corrected chi connectivity index (χ2v) is 15.7. The number of aliphatic hydroxyl groups excluding tert-OH is 1. The molecule has 15 heteroatoms. The van der Waals surface area contributed by atoms with Gasteiger partial charge in [-0.15, -0.1) is 11.3 Å². The van der Waals surface area contributed by atoms with E-state index in [0.29, 0.717) is 18.7 Å². The Hall–Kier alpha value is -3.78. The maximum absolute atomic E-state index is 17.0. The van der Waals surface area contributed by atoms with E-state index in [9.17, 15) is 19.9 Å². The van der Waals surface area contributed by atoms with E-state index in [1.165, 1.54) is 18.3 Å². The van der Waals surface area contributed by atoms with Gasteiger partial charge in [-0.1, -0.05) is 6.42 Å². The molecule has 3 aliphatic heterocycles. The number of hydrogen-bond acceptors (Lipinski definition) is 13. The minimum atomic E-state index is -1.31. The number of nitrogen functional groups attached to an aromatic ring is 1. The number of likely N-dealkylation sites (tertiary alicyclic amines) is 1. The van der Waals surface area contributed by atoms with Gasteiger partial charge in [0.15, 0.2) is 5.82 Å². The van der Waals surface area contributed by atoms with E-state index in [1.54, 1.807) is 11.8 Å². The van der Waals surface area contributed by atoms with Gasteiger partial charge in [0.05, 0.1) is 54.7 Å².